The molecule has 0 aliphatic carbocycles. The van der Waals surface area contributed by atoms with E-state index in [1.54, 1.807) is 0 Å². The summed E-state index contributed by atoms with van der Waals surface area (Å²) in [7, 11) is 0. The van der Waals surface area contributed by atoms with E-state index in [0.717, 1.165) is 36.1 Å². The molecule has 0 saturated heterocycles. The molecule has 3 heterocycles. The molecule has 0 bridgehead atoms. The number of aromatic nitrogens is 3. The topological polar surface area (TPSA) is 42.7 Å². The molecule has 0 saturated carbocycles. The van der Waals surface area contributed by atoms with Gasteiger partial charge < -0.3 is 9.88 Å². The van der Waals surface area contributed by atoms with Gasteiger partial charge in [0.1, 0.15) is 5.69 Å². The summed E-state index contributed by atoms with van der Waals surface area (Å²) in [5.74, 6) is 0.952. The van der Waals surface area contributed by atoms with E-state index in [4.69, 9.17) is 0 Å². The molecule has 76 valence electrons. The van der Waals surface area contributed by atoms with Gasteiger partial charge in [-0.3, -0.25) is 4.98 Å². The van der Waals surface area contributed by atoms with E-state index in [1.165, 1.54) is 0 Å². The van der Waals surface area contributed by atoms with Crippen LogP contribution in [0.4, 0.5) is 5.95 Å². The maximum Gasteiger partial charge on any atom is 0.203 e. The minimum atomic E-state index is 0.943. The van der Waals surface area contributed by atoms with Crippen molar-refractivity contribution < 1.29 is 0 Å². The fourth-order valence-corrected chi connectivity index (χ4v) is 1.82. The summed E-state index contributed by atoms with van der Waals surface area (Å²) in [6, 6.07) is 5.99. The van der Waals surface area contributed by atoms with Crippen molar-refractivity contribution in [3.05, 3.63) is 30.1 Å². The molecule has 0 fully saturated rings. The molecule has 4 heteroatoms. The molecule has 0 spiro atoms. The molecule has 0 unspecified atom stereocenters. The molecule has 15 heavy (non-hydrogen) atoms. The fourth-order valence-electron chi connectivity index (χ4n) is 1.82. The summed E-state index contributed by atoms with van der Waals surface area (Å²) in [5.41, 5.74) is 2.91. The van der Waals surface area contributed by atoms with Crippen LogP contribution in [0.5, 0.6) is 0 Å². The number of fused-ring (bicyclic) bond motifs is 1. The van der Waals surface area contributed by atoms with Gasteiger partial charge in [0.25, 0.3) is 0 Å². The summed E-state index contributed by atoms with van der Waals surface area (Å²) >= 11 is 0. The molecule has 1 aliphatic rings. The zero-order chi connectivity index (χ0) is 10.3. The van der Waals surface area contributed by atoms with Crippen LogP contribution in [0, 0.1) is 6.92 Å². The van der Waals surface area contributed by atoms with E-state index in [9.17, 15) is 0 Å². The Labute approximate surface area is 88.0 Å². The summed E-state index contributed by atoms with van der Waals surface area (Å²) in [6.45, 7) is 3.96. The first-order valence-electron chi connectivity index (χ1n) is 5.08. The molecule has 1 N–H and O–H groups in total. The monoisotopic (exact) mass is 200 g/mol. The zero-order valence-corrected chi connectivity index (χ0v) is 8.57. The van der Waals surface area contributed by atoms with Gasteiger partial charge in [0.05, 0.1) is 5.69 Å². The van der Waals surface area contributed by atoms with Crippen molar-refractivity contribution in [3.8, 4) is 11.4 Å². The van der Waals surface area contributed by atoms with Crippen LogP contribution >= 0.6 is 0 Å². The van der Waals surface area contributed by atoms with E-state index in [-0.39, 0.29) is 0 Å². The highest BCUT2D eigenvalue weighted by Crippen LogP contribution is 2.21. The number of hydrogen-bond acceptors (Lipinski definition) is 3. The quantitative estimate of drug-likeness (QED) is 0.761. The number of pyridine rings is 1. The molecule has 0 amide bonds. The van der Waals surface area contributed by atoms with E-state index in [0.29, 0.717) is 0 Å². The van der Waals surface area contributed by atoms with Crippen LogP contribution in [-0.2, 0) is 6.54 Å². The van der Waals surface area contributed by atoms with Crippen molar-refractivity contribution in [3.63, 3.8) is 0 Å². The van der Waals surface area contributed by atoms with Crippen molar-refractivity contribution in [2.45, 2.75) is 13.5 Å². The van der Waals surface area contributed by atoms with Crippen molar-refractivity contribution in [1.82, 2.24) is 14.5 Å². The number of aryl methyl sites for hydroxylation is 1. The van der Waals surface area contributed by atoms with Crippen LogP contribution in [0.1, 0.15) is 5.69 Å². The first-order valence-corrected chi connectivity index (χ1v) is 5.08. The highest BCUT2D eigenvalue weighted by Gasteiger charge is 2.14. The lowest BCUT2D eigenvalue weighted by Crippen LogP contribution is -1.95. The zero-order valence-electron chi connectivity index (χ0n) is 8.57. The van der Waals surface area contributed by atoms with Crippen LogP contribution in [0.3, 0.4) is 0 Å². The molecule has 4 nitrogen and oxygen atoms in total. The second-order valence-electron chi connectivity index (χ2n) is 3.73. The third-order valence-electron chi connectivity index (χ3n) is 2.56. The number of imidazole rings is 1. The first kappa shape index (κ1) is 8.47. The predicted molar refractivity (Wildman–Crippen MR) is 58.7 cm³/mol. The summed E-state index contributed by atoms with van der Waals surface area (Å²) in [6.07, 6.45) is 2.05. The molecular weight excluding hydrogens is 188 g/mol. The molecule has 1 aliphatic heterocycles. The summed E-state index contributed by atoms with van der Waals surface area (Å²) < 4.78 is 2.12. The van der Waals surface area contributed by atoms with Crippen molar-refractivity contribution >= 4 is 5.95 Å². The minimum Gasteiger partial charge on any atom is -0.354 e. The number of anilines is 1. The minimum absolute atomic E-state index is 0.943. The Morgan fingerprint density at radius 2 is 2.20 bits per heavy atom. The van der Waals surface area contributed by atoms with Gasteiger partial charge in [0.15, 0.2) is 0 Å². The Hall–Kier alpha value is -1.84. The van der Waals surface area contributed by atoms with Crippen LogP contribution in [0.2, 0.25) is 0 Å². The van der Waals surface area contributed by atoms with E-state index < -0.39 is 0 Å². The first-order chi connectivity index (χ1) is 7.33. The Morgan fingerprint density at radius 3 is 3.00 bits per heavy atom. The van der Waals surface area contributed by atoms with Gasteiger partial charge in [-0.15, -0.1) is 0 Å². The lowest BCUT2D eigenvalue weighted by Gasteiger charge is -1.97. The average molecular weight is 200 g/mol. The molecule has 0 atom stereocenters. The number of nitrogens with one attached hydrogen (secondary N) is 1. The van der Waals surface area contributed by atoms with Crippen LogP contribution < -0.4 is 5.32 Å². The van der Waals surface area contributed by atoms with Crippen LogP contribution in [-0.4, -0.2) is 21.1 Å². The van der Waals surface area contributed by atoms with E-state index in [1.807, 2.05) is 25.1 Å². The number of rotatable bonds is 1. The van der Waals surface area contributed by atoms with Crippen molar-refractivity contribution in [2.75, 3.05) is 11.9 Å². The van der Waals surface area contributed by atoms with Gasteiger partial charge in [-0.25, -0.2) is 4.98 Å². The van der Waals surface area contributed by atoms with Gasteiger partial charge in [-0.2, -0.15) is 0 Å². The molecule has 0 aromatic carbocycles. The number of hydrogen-bond donors (Lipinski definition) is 1. The van der Waals surface area contributed by atoms with Gasteiger partial charge in [-0.1, -0.05) is 6.07 Å². The largest absolute Gasteiger partial charge is 0.354 e. The molecule has 0 radical (unpaired) electrons. The van der Waals surface area contributed by atoms with Gasteiger partial charge >= 0.3 is 0 Å². The van der Waals surface area contributed by atoms with E-state index >= 15 is 0 Å². The summed E-state index contributed by atoms with van der Waals surface area (Å²) in [5, 5.41) is 3.23. The lowest BCUT2D eigenvalue weighted by molar-refractivity contribution is 0.810. The molecule has 3 rings (SSSR count). The Morgan fingerprint density at radius 1 is 1.27 bits per heavy atom. The fraction of sp³-hybridized carbons (Fsp3) is 0.273. The normalized spacial score (nSPS) is 13.7. The Kier molecular flexibility index (Phi) is 1.74. The Balaban J connectivity index is 2.06. The molecule has 2 aromatic heterocycles. The second-order valence-corrected chi connectivity index (χ2v) is 3.73. The predicted octanol–water partition coefficient (Wildman–Crippen LogP) is 1.68. The molecular formula is C11H12N4. The highest BCUT2D eigenvalue weighted by atomic mass is 15.3. The third kappa shape index (κ3) is 1.38. The van der Waals surface area contributed by atoms with Crippen LogP contribution in [0.25, 0.3) is 11.4 Å². The second kappa shape index (κ2) is 3.08. The van der Waals surface area contributed by atoms with Crippen LogP contribution in [0.15, 0.2) is 24.4 Å². The van der Waals surface area contributed by atoms with Gasteiger partial charge in [-0.05, 0) is 19.1 Å². The SMILES string of the molecule is Cc1cccc(-c2cn3c(n2)NCC3)n1. The van der Waals surface area contributed by atoms with Crippen molar-refractivity contribution in [2.24, 2.45) is 0 Å². The van der Waals surface area contributed by atoms with Gasteiger partial charge in [0, 0.05) is 25.0 Å². The third-order valence-corrected chi connectivity index (χ3v) is 2.56. The maximum absolute atomic E-state index is 4.49. The maximum atomic E-state index is 4.49. The lowest BCUT2D eigenvalue weighted by atomic mass is 10.2. The van der Waals surface area contributed by atoms with Crippen molar-refractivity contribution in [1.29, 1.82) is 0 Å². The van der Waals surface area contributed by atoms with Gasteiger partial charge in [0.2, 0.25) is 5.95 Å². The average Bonchev–Trinajstić information content (AvgIpc) is 2.76. The summed E-state index contributed by atoms with van der Waals surface area (Å²) in [4.78, 5) is 8.94. The Bertz CT molecular complexity index is 480. The molecule has 2 aromatic rings. The smallest absolute Gasteiger partial charge is 0.203 e. The number of nitrogens with zero attached hydrogens (tertiary/aromatic N) is 3. The standard InChI is InChI=1S/C11H12N4/c1-8-3-2-4-9(13-8)10-7-15-6-5-12-11(15)14-10/h2-4,7H,5-6H2,1H3,(H,12,14). The highest BCUT2D eigenvalue weighted by molar-refractivity contribution is 5.57. The van der Waals surface area contributed by atoms with E-state index in [2.05, 4.69) is 26.0 Å².